The summed E-state index contributed by atoms with van der Waals surface area (Å²) in [6.45, 7) is 17.8. The number of rotatable bonds is 8. The Bertz CT molecular complexity index is 2460. The Morgan fingerprint density at radius 1 is 0.483 bits per heavy atom. The Hall–Kier alpha value is -4.36. The number of fused-ring (bicyclic) bond motifs is 5. The maximum Gasteiger partial charge on any atom is 3.00 e. The molecule has 1 aliphatic heterocycles. The summed E-state index contributed by atoms with van der Waals surface area (Å²) < 4.78 is 0. The summed E-state index contributed by atoms with van der Waals surface area (Å²) in [5, 5.41) is 8.38. The van der Waals surface area contributed by atoms with Crippen LogP contribution >= 0.6 is 0 Å². The van der Waals surface area contributed by atoms with E-state index in [4.69, 9.17) is 0 Å². The minimum absolute atomic E-state index is 0. The van der Waals surface area contributed by atoms with Gasteiger partial charge in [-0.2, -0.15) is 41.6 Å². The summed E-state index contributed by atoms with van der Waals surface area (Å²) in [7, 11) is 0.795. The van der Waals surface area contributed by atoms with Gasteiger partial charge in [0.1, 0.15) is 0 Å². The molecule has 0 bridgehead atoms. The fraction of sp³-hybridized carbons (Fsp3) is 0.250. The van der Waals surface area contributed by atoms with Crippen molar-refractivity contribution in [3.05, 3.63) is 178 Å². The van der Waals surface area contributed by atoms with Crippen molar-refractivity contribution in [1.82, 2.24) is 0 Å². The Labute approximate surface area is 370 Å². The summed E-state index contributed by atoms with van der Waals surface area (Å²) >= 11 is 0. The van der Waals surface area contributed by atoms with Crippen molar-refractivity contribution >= 4 is 41.4 Å². The van der Waals surface area contributed by atoms with Gasteiger partial charge in [0.2, 0.25) is 0 Å². The molecule has 0 aliphatic carbocycles. The maximum absolute atomic E-state index is 3.31. The second kappa shape index (κ2) is 19.6. The van der Waals surface area contributed by atoms with E-state index in [0.717, 1.165) is 9.52 Å². The molecule has 0 saturated heterocycles. The van der Waals surface area contributed by atoms with E-state index in [1.807, 2.05) is 6.07 Å². The predicted molar refractivity (Wildman–Crippen MR) is 251 cm³/mol. The average Bonchev–Trinajstić information content (AvgIpc) is 3.96. The molecule has 58 heavy (non-hydrogen) atoms. The molecular weight excluding hydrogens is 792 g/mol. The van der Waals surface area contributed by atoms with Crippen LogP contribution in [0.3, 0.4) is 0 Å². The van der Waals surface area contributed by atoms with Crippen LogP contribution in [0.2, 0.25) is 0 Å². The van der Waals surface area contributed by atoms with Crippen molar-refractivity contribution in [3.8, 4) is 33.4 Å². The van der Waals surface area contributed by atoms with Crippen LogP contribution in [0.5, 0.6) is 0 Å². The van der Waals surface area contributed by atoms with E-state index in [2.05, 4.69) is 183 Å². The Morgan fingerprint density at radius 2 is 0.966 bits per heavy atom. The fourth-order valence-electron chi connectivity index (χ4n) is 8.34. The second-order valence-corrected chi connectivity index (χ2v) is 17.3. The van der Waals surface area contributed by atoms with Crippen LogP contribution in [0.4, 0.5) is 0 Å². The van der Waals surface area contributed by atoms with Crippen molar-refractivity contribution in [2.45, 2.75) is 93.9 Å². The van der Waals surface area contributed by atoms with Gasteiger partial charge in [-0.25, -0.2) is 0 Å². The number of hydrogen-bond acceptors (Lipinski definition) is 0. The molecule has 0 unspecified atom stereocenters. The van der Waals surface area contributed by atoms with Crippen LogP contribution in [-0.2, 0) is 39.0 Å². The van der Waals surface area contributed by atoms with E-state index in [1.165, 1.54) is 148 Å². The second-order valence-electron chi connectivity index (χ2n) is 16.0. The number of benzene rings is 6. The van der Waals surface area contributed by atoms with E-state index in [-0.39, 0.29) is 26.2 Å². The van der Waals surface area contributed by atoms with Gasteiger partial charge in [0.25, 0.3) is 0 Å². The first-order chi connectivity index (χ1) is 27.7. The molecule has 0 saturated carbocycles. The summed E-state index contributed by atoms with van der Waals surface area (Å²) in [6.07, 6.45) is 7.44. The van der Waals surface area contributed by atoms with Crippen LogP contribution in [0.1, 0.15) is 84.0 Å². The third-order valence-corrected chi connectivity index (χ3v) is 13.7. The van der Waals surface area contributed by atoms with Gasteiger partial charge >= 0.3 is 26.2 Å². The third-order valence-electron chi connectivity index (χ3n) is 12.3. The van der Waals surface area contributed by atoms with Gasteiger partial charge in [-0.15, -0.1) is 74.6 Å². The fourth-order valence-corrected chi connectivity index (χ4v) is 9.65. The van der Waals surface area contributed by atoms with E-state index < -0.39 is 0 Å². The molecule has 8 aromatic rings. The molecule has 8 aromatic carbocycles. The van der Waals surface area contributed by atoms with Gasteiger partial charge < -0.3 is 0 Å². The smallest absolute Gasteiger partial charge is 0.184 e. The molecule has 0 spiro atoms. The zero-order valence-corrected chi connectivity index (χ0v) is 39.3. The van der Waals surface area contributed by atoms with Crippen molar-refractivity contribution in [2.24, 2.45) is 0 Å². The minimum atomic E-state index is 0. The van der Waals surface area contributed by atoms with Gasteiger partial charge in [-0.05, 0) is 98.9 Å². The molecule has 0 N–H and O–H groups in total. The van der Waals surface area contributed by atoms with Crippen molar-refractivity contribution < 1.29 is 26.2 Å². The molecule has 0 amide bonds. The molecule has 0 nitrogen and oxygen atoms in total. The van der Waals surface area contributed by atoms with Gasteiger partial charge in [-0.3, -0.25) is 0 Å². The topological polar surface area (TPSA) is 0 Å². The molecule has 0 aromatic heterocycles. The summed E-state index contributed by atoms with van der Waals surface area (Å²) in [5.41, 5.74) is 19.6. The van der Waals surface area contributed by atoms with Crippen LogP contribution in [0.15, 0.2) is 127 Å². The summed E-state index contributed by atoms with van der Waals surface area (Å²) in [5.74, 6) is 0. The maximum atomic E-state index is 3.31. The number of unbranched alkanes of at least 4 members (excludes halogenated alkanes) is 2. The summed E-state index contributed by atoms with van der Waals surface area (Å²) in [6, 6.07) is 50.2. The molecule has 1 aliphatic rings. The van der Waals surface area contributed by atoms with E-state index in [0.29, 0.717) is 0 Å². The molecule has 289 valence electrons. The van der Waals surface area contributed by atoms with Crippen LogP contribution in [0.25, 0.3) is 54.9 Å². The van der Waals surface area contributed by atoms with Gasteiger partial charge in [0, 0.05) is 0 Å². The van der Waals surface area contributed by atoms with Crippen LogP contribution < -0.4 is 10.4 Å². The largest absolute Gasteiger partial charge is 3.00 e. The molecule has 2 heteroatoms. The van der Waals surface area contributed by atoms with Crippen molar-refractivity contribution in [3.63, 3.8) is 0 Å². The molecule has 1 heterocycles. The first kappa shape index (κ1) is 43.2. The van der Waals surface area contributed by atoms with E-state index in [1.54, 1.807) is 0 Å². The van der Waals surface area contributed by atoms with Gasteiger partial charge in [0.05, 0.1) is 9.52 Å². The first-order valence-electron chi connectivity index (χ1n) is 21.1. The zero-order chi connectivity index (χ0) is 40.1. The minimum Gasteiger partial charge on any atom is -0.184 e. The Balaban J connectivity index is 0.000000150. The standard InChI is InChI=1S/2C22H25.C12H7Si.Zr/c2*1-5-6-8-18-13-19-9-7-10-21(22(19)14-18)20-12-11-15(2)16(3)17(20)4;1-3-7-11-9(5-1)10-6-2-4-8-12(10)13-11;/h2*7,9-14H,5-6,8H2,1-4H3;1-7H;/q3*-1;+3. The Morgan fingerprint density at radius 3 is 1.48 bits per heavy atom. The van der Waals surface area contributed by atoms with E-state index in [9.17, 15) is 0 Å². The zero-order valence-electron chi connectivity index (χ0n) is 35.9. The molecule has 9 rings (SSSR count). The monoisotopic (exact) mass is 847 g/mol. The number of hydrogen-bond donors (Lipinski definition) is 0. The summed E-state index contributed by atoms with van der Waals surface area (Å²) in [4.78, 5) is 0. The molecule has 0 atom stereocenters. The van der Waals surface area contributed by atoms with Crippen molar-refractivity contribution in [1.29, 1.82) is 0 Å². The normalized spacial score (nSPS) is 11.3. The van der Waals surface area contributed by atoms with Gasteiger partial charge in [0.15, 0.2) is 0 Å². The molecule has 0 fully saturated rings. The third kappa shape index (κ3) is 9.25. The molecule has 3 radical (unpaired) electrons. The number of aryl methyl sites for hydroxylation is 4. The predicted octanol–water partition coefficient (Wildman–Crippen LogP) is 14.1. The average molecular weight is 849 g/mol. The quantitative estimate of drug-likeness (QED) is 0.106. The first-order valence-corrected chi connectivity index (χ1v) is 22.1. The van der Waals surface area contributed by atoms with Crippen LogP contribution in [0, 0.1) is 47.6 Å². The van der Waals surface area contributed by atoms with E-state index >= 15 is 0 Å². The van der Waals surface area contributed by atoms with Gasteiger partial charge in [-0.1, -0.05) is 122 Å². The SMILES string of the molecule is CCCCc1cc2c(-c3ccc(C)c(C)c3C)cccc2[cH-]1.CCCCc1cc2c(-c3ccc(C)c(C)c3C)cccc2[cH-]1.[Zr+3].[c-]1cccc2c1[Si]c1ccccc1-2. The van der Waals surface area contributed by atoms with Crippen molar-refractivity contribution in [2.75, 3.05) is 0 Å². The molecular formula is C56H57SiZr. The Kier molecular flexibility index (Phi) is 14.6. The van der Waals surface area contributed by atoms with Crippen LogP contribution in [-0.4, -0.2) is 9.52 Å².